The van der Waals surface area contributed by atoms with Crippen LogP contribution in [-0.4, -0.2) is 29.4 Å². The van der Waals surface area contributed by atoms with E-state index in [1.54, 1.807) is 0 Å². The molecule has 0 N–H and O–H groups in total. The summed E-state index contributed by atoms with van der Waals surface area (Å²) in [7, 11) is 0. The van der Waals surface area contributed by atoms with E-state index in [0.29, 0.717) is 0 Å². The first-order valence-electron chi connectivity index (χ1n) is 4.86. The van der Waals surface area contributed by atoms with Gasteiger partial charge in [-0.05, 0) is 33.6 Å². The molecule has 1 aliphatic rings. The molecule has 0 amide bonds. The van der Waals surface area contributed by atoms with Crippen molar-refractivity contribution in [3.63, 3.8) is 0 Å². The van der Waals surface area contributed by atoms with E-state index >= 15 is 0 Å². The third-order valence-corrected chi connectivity index (χ3v) is 2.87. The molecule has 0 saturated heterocycles. The van der Waals surface area contributed by atoms with Gasteiger partial charge in [-0.25, -0.2) is 0 Å². The molecule has 0 atom stereocenters. The van der Waals surface area contributed by atoms with Crippen LogP contribution >= 0.6 is 0 Å². The van der Waals surface area contributed by atoms with Crippen LogP contribution in [0.5, 0.6) is 0 Å². The van der Waals surface area contributed by atoms with E-state index in [2.05, 4.69) is 37.6 Å². The Morgan fingerprint density at radius 1 is 1.50 bits per heavy atom. The second-order valence-electron chi connectivity index (χ2n) is 4.10. The summed E-state index contributed by atoms with van der Waals surface area (Å²) in [5.74, 6) is 1.22. The molecule has 1 aliphatic heterocycles. The van der Waals surface area contributed by atoms with Crippen LogP contribution in [0.15, 0.2) is 4.99 Å². The molecule has 0 bridgehead atoms. The predicted octanol–water partition coefficient (Wildman–Crippen LogP) is 2.30. The molecule has 0 saturated carbocycles. The van der Waals surface area contributed by atoms with Crippen molar-refractivity contribution in [2.24, 2.45) is 4.99 Å². The summed E-state index contributed by atoms with van der Waals surface area (Å²) in [5.41, 5.74) is 0.286. The summed E-state index contributed by atoms with van der Waals surface area (Å²) in [4.78, 5) is 6.90. The molecule has 0 unspecified atom stereocenters. The van der Waals surface area contributed by atoms with Crippen LogP contribution in [0.1, 0.15) is 40.5 Å². The number of hydrogen-bond donors (Lipinski definition) is 0. The van der Waals surface area contributed by atoms with Gasteiger partial charge in [0.15, 0.2) is 0 Å². The van der Waals surface area contributed by atoms with Gasteiger partial charge in [-0.15, -0.1) is 0 Å². The first kappa shape index (κ1) is 9.56. The van der Waals surface area contributed by atoms with Crippen LogP contribution in [0.4, 0.5) is 0 Å². The maximum absolute atomic E-state index is 4.47. The van der Waals surface area contributed by atoms with Gasteiger partial charge in [-0.3, -0.25) is 4.99 Å². The van der Waals surface area contributed by atoms with Gasteiger partial charge in [-0.2, -0.15) is 0 Å². The molecule has 1 heterocycles. The fourth-order valence-electron chi connectivity index (χ4n) is 1.65. The fraction of sp³-hybridized carbons (Fsp3) is 0.900. The lowest BCUT2D eigenvalue weighted by Gasteiger charge is -2.41. The van der Waals surface area contributed by atoms with Gasteiger partial charge in [-0.1, -0.05) is 6.92 Å². The fourth-order valence-corrected chi connectivity index (χ4v) is 1.65. The van der Waals surface area contributed by atoms with Gasteiger partial charge in [0.1, 0.15) is 0 Å². The molecule has 0 aliphatic carbocycles. The number of aliphatic imine (C=N–C) groups is 1. The smallest absolute Gasteiger partial charge is 0.0961 e. The Labute approximate surface area is 75.7 Å². The molecule has 0 fully saturated rings. The summed E-state index contributed by atoms with van der Waals surface area (Å²) in [6.45, 7) is 11.1. The molecule has 0 radical (unpaired) electrons. The van der Waals surface area contributed by atoms with Crippen LogP contribution in [0.3, 0.4) is 0 Å². The normalized spacial score (nSPS) is 19.3. The summed E-state index contributed by atoms with van der Waals surface area (Å²) in [5, 5.41) is 0. The van der Waals surface area contributed by atoms with Gasteiger partial charge in [0.05, 0.1) is 5.84 Å². The molecule has 12 heavy (non-hydrogen) atoms. The third-order valence-electron chi connectivity index (χ3n) is 2.87. The molecule has 0 aromatic carbocycles. The highest BCUT2D eigenvalue weighted by Crippen LogP contribution is 2.21. The lowest BCUT2D eigenvalue weighted by atomic mass is 9.98. The maximum atomic E-state index is 4.47. The lowest BCUT2D eigenvalue weighted by molar-refractivity contribution is 0.197. The van der Waals surface area contributed by atoms with Gasteiger partial charge < -0.3 is 4.90 Å². The molecule has 1 rings (SSSR count). The van der Waals surface area contributed by atoms with Crippen molar-refractivity contribution in [3.8, 4) is 0 Å². The summed E-state index contributed by atoms with van der Waals surface area (Å²) >= 11 is 0. The number of rotatable bonds is 2. The van der Waals surface area contributed by atoms with Crippen LogP contribution in [0, 0.1) is 0 Å². The average Bonchev–Trinajstić information content (AvgIpc) is 2.05. The van der Waals surface area contributed by atoms with E-state index in [1.807, 2.05) is 0 Å². The quantitative estimate of drug-likeness (QED) is 0.617. The van der Waals surface area contributed by atoms with E-state index in [9.17, 15) is 0 Å². The largest absolute Gasteiger partial charge is 0.355 e. The molecular formula is C10H20N2. The second-order valence-corrected chi connectivity index (χ2v) is 4.10. The highest BCUT2D eigenvalue weighted by Gasteiger charge is 2.26. The summed E-state index contributed by atoms with van der Waals surface area (Å²) in [6.07, 6.45) is 2.39. The van der Waals surface area contributed by atoms with Crippen molar-refractivity contribution in [2.75, 3.05) is 13.1 Å². The first-order valence-corrected chi connectivity index (χ1v) is 4.86. The van der Waals surface area contributed by atoms with Crippen molar-refractivity contribution in [3.05, 3.63) is 0 Å². The van der Waals surface area contributed by atoms with Gasteiger partial charge >= 0.3 is 0 Å². The minimum Gasteiger partial charge on any atom is -0.355 e. The SMILES string of the molecule is CCC(C)(C)N1CCCN=C1C. The van der Waals surface area contributed by atoms with E-state index in [-0.39, 0.29) is 5.54 Å². The molecule has 2 heteroatoms. The monoisotopic (exact) mass is 168 g/mol. The Morgan fingerprint density at radius 3 is 2.67 bits per heavy atom. The Balaban J connectivity index is 2.73. The Kier molecular flexibility index (Phi) is 2.76. The van der Waals surface area contributed by atoms with Gasteiger partial charge in [0.25, 0.3) is 0 Å². The second kappa shape index (κ2) is 3.46. The molecule has 0 aromatic rings. The molecule has 0 spiro atoms. The first-order chi connectivity index (χ1) is 5.58. The van der Waals surface area contributed by atoms with Crippen molar-refractivity contribution in [1.29, 1.82) is 0 Å². The topological polar surface area (TPSA) is 15.6 Å². The number of nitrogens with zero attached hydrogens (tertiary/aromatic N) is 2. The zero-order valence-electron chi connectivity index (χ0n) is 8.72. The molecule has 2 nitrogen and oxygen atoms in total. The minimum atomic E-state index is 0.286. The highest BCUT2D eigenvalue weighted by molar-refractivity contribution is 5.80. The van der Waals surface area contributed by atoms with Crippen LogP contribution in [-0.2, 0) is 0 Å². The van der Waals surface area contributed by atoms with E-state index in [4.69, 9.17) is 0 Å². The Bertz CT molecular complexity index is 182. The van der Waals surface area contributed by atoms with Gasteiger partial charge in [0, 0.05) is 18.6 Å². The highest BCUT2D eigenvalue weighted by atomic mass is 15.2. The average molecular weight is 168 g/mol. The predicted molar refractivity (Wildman–Crippen MR) is 53.7 cm³/mol. The van der Waals surface area contributed by atoms with E-state index in [0.717, 1.165) is 6.54 Å². The van der Waals surface area contributed by atoms with Crippen molar-refractivity contribution >= 4 is 5.84 Å². The number of amidine groups is 1. The van der Waals surface area contributed by atoms with Crippen LogP contribution < -0.4 is 0 Å². The van der Waals surface area contributed by atoms with Crippen molar-refractivity contribution in [2.45, 2.75) is 46.1 Å². The molecular weight excluding hydrogens is 148 g/mol. The van der Waals surface area contributed by atoms with E-state index in [1.165, 1.54) is 25.2 Å². The van der Waals surface area contributed by atoms with Crippen LogP contribution in [0.25, 0.3) is 0 Å². The zero-order chi connectivity index (χ0) is 9.19. The number of hydrogen-bond acceptors (Lipinski definition) is 2. The summed E-state index contributed by atoms with van der Waals surface area (Å²) < 4.78 is 0. The van der Waals surface area contributed by atoms with Crippen LogP contribution in [0.2, 0.25) is 0 Å². The standard InChI is InChI=1S/C10H20N2/c1-5-10(3,4)12-8-6-7-11-9(12)2/h5-8H2,1-4H3. The molecule has 0 aromatic heterocycles. The maximum Gasteiger partial charge on any atom is 0.0961 e. The lowest BCUT2D eigenvalue weighted by Crippen LogP contribution is -2.48. The molecule has 70 valence electrons. The van der Waals surface area contributed by atoms with Crippen molar-refractivity contribution in [1.82, 2.24) is 4.90 Å². The third kappa shape index (κ3) is 1.79. The zero-order valence-corrected chi connectivity index (χ0v) is 8.72. The van der Waals surface area contributed by atoms with E-state index < -0.39 is 0 Å². The Morgan fingerprint density at radius 2 is 2.17 bits per heavy atom. The Hall–Kier alpha value is -0.530. The van der Waals surface area contributed by atoms with Gasteiger partial charge in [0.2, 0.25) is 0 Å². The minimum absolute atomic E-state index is 0.286. The summed E-state index contributed by atoms with van der Waals surface area (Å²) in [6, 6.07) is 0. The van der Waals surface area contributed by atoms with Crippen molar-refractivity contribution < 1.29 is 0 Å².